The molecule has 1 saturated heterocycles. The number of fused-ring (bicyclic) bond motifs is 1. The first-order chi connectivity index (χ1) is 9.65. The van der Waals surface area contributed by atoms with E-state index in [0.717, 1.165) is 24.0 Å². The number of amides is 1. The number of hydrogen-bond acceptors (Lipinski definition) is 1. The van der Waals surface area contributed by atoms with Crippen molar-refractivity contribution in [3.63, 3.8) is 0 Å². The van der Waals surface area contributed by atoms with Crippen LogP contribution in [0, 0.1) is 5.92 Å². The van der Waals surface area contributed by atoms with E-state index in [1.807, 2.05) is 18.3 Å². The lowest BCUT2D eigenvalue weighted by Gasteiger charge is -2.37. The van der Waals surface area contributed by atoms with Crippen LogP contribution in [0.4, 0.5) is 0 Å². The molecule has 1 aliphatic rings. The first kappa shape index (κ1) is 13.2. The number of para-hydroxylation sites is 1. The van der Waals surface area contributed by atoms with Crippen LogP contribution >= 0.6 is 0 Å². The van der Waals surface area contributed by atoms with Crippen LogP contribution < -0.4 is 0 Å². The van der Waals surface area contributed by atoms with E-state index in [2.05, 4.69) is 35.9 Å². The maximum atomic E-state index is 12.6. The molecule has 2 aromatic rings. The molecule has 3 nitrogen and oxygen atoms in total. The zero-order chi connectivity index (χ0) is 14.1. The lowest BCUT2D eigenvalue weighted by Crippen LogP contribution is -2.45. The molecule has 2 heterocycles. The molecule has 2 unspecified atom stereocenters. The summed E-state index contributed by atoms with van der Waals surface area (Å²) in [6.45, 7) is 5.30. The Balaban J connectivity index is 1.78. The molecule has 0 saturated carbocycles. The molecule has 2 atom stereocenters. The van der Waals surface area contributed by atoms with Crippen molar-refractivity contribution in [1.82, 2.24) is 9.88 Å². The molecule has 0 bridgehead atoms. The summed E-state index contributed by atoms with van der Waals surface area (Å²) in [4.78, 5) is 17.9. The van der Waals surface area contributed by atoms with E-state index in [4.69, 9.17) is 0 Å². The van der Waals surface area contributed by atoms with Gasteiger partial charge in [0.1, 0.15) is 0 Å². The number of aromatic amines is 1. The van der Waals surface area contributed by atoms with Crippen LogP contribution in [-0.2, 0) is 11.2 Å². The lowest BCUT2D eigenvalue weighted by molar-refractivity contribution is -0.134. The highest BCUT2D eigenvalue weighted by Gasteiger charge is 2.27. The third-order valence-electron chi connectivity index (χ3n) is 4.45. The van der Waals surface area contributed by atoms with Crippen molar-refractivity contribution in [3.05, 3.63) is 36.0 Å². The average Bonchev–Trinajstić information content (AvgIpc) is 2.85. The summed E-state index contributed by atoms with van der Waals surface area (Å²) in [6, 6.07) is 8.55. The summed E-state index contributed by atoms with van der Waals surface area (Å²) >= 11 is 0. The van der Waals surface area contributed by atoms with E-state index in [-0.39, 0.29) is 5.91 Å². The lowest BCUT2D eigenvalue weighted by atomic mass is 9.94. The van der Waals surface area contributed by atoms with Gasteiger partial charge in [0.25, 0.3) is 0 Å². The summed E-state index contributed by atoms with van der Waals surface area (Å²) in [5.41, 5.74) is 2.21. The fraction of sp³-hybridized carbons (Fsp3) is 0.471. The number of likely N-dealkylation sites (tertiary alicyclic amines) is 1. The standard InChI is InChI=1S/C17H22N2O/c1-12-7-8-13(2)19(11-12)17(20)9-14-10-18-16-6-4-3-5-15(14)16/h3-6,10,12-13,18H,7-9,11H2,1-2H3. The smallest absolute Gasteiger partial charge is 0.227 e. The highest BCUT2D eigenvalue weighted by atomic mass is 16.2. The minimum absolute atomic E-state index is 0.258. The van der Waals surface area contributed by atoms with Crippen molar-refractivity contribution in [3.8, 4) is 0 Å². The Kier molecular flexibility index (Phi) is 3.51. The van der Waals surface area contributed by atoms with Crippen LogP contribution in [0.5, 0.6) is 0 Å². The third-order valence-corrected chi connectivity index (χ3v) is 4.45. The molecule has 1 aromatic heterocycles. The van der Waals surface area contributed by atoms with E-state index < -0.39 is 0 Å². The van der Waals surface area contributed by atoms with Crippen molar-refractivity contribution in [1.29, 1.82) is 0 Å². The quantitative estimate of drug-likeness (QED) is 0.892. The van der Waals surface area contributed by atoms with Gasteiger partial charge in [-0.2, -0.15) is 0 Å². The van der Waals surface area contributed by atoms with Gasteiger partial charge in [-0.1, -0.05) is 25.1 Å². The van der Waals surface area contributed by atoms with Crippen molar-refractivity contribution < 1.29 is 4.79 Å². The Morgan fingerprint density at radius 1 is 1.30 bits per heavy atom. The number of H-pyrrole nitrogens is 1. The summed E-state index contributed by atoms with van der Waals surface area (Å²) in [7, 11) is 0. The molecule has 1 aliphatic heterocycles. The number of piperidine rings is 1. The van der Waals surface area contributed by atoms with Crippen molar-refractivity contribution in [2.45, 2.75) is 39.2 Å². The van der Waals surface area contributed by atoms with Crippen LogP contribution in [0.1, 0.15) is 32.3 Å². The Hall–Kier alpha value is -1.77. The van der Waals surface area contributed by atoms with E-state index >= 15 is 0 Å². The highest BCUT2D eigenvalue weighted by Crippen LogP contribution is 2.24. The van der Waals surface area contributed by atoms with Gasteiger partial charge in [-0.25, -0.2) is 0 Å². The average molecular weight is 270 g/mol. The van der Waals surface area contributed by atoms with E-state index in [1.165, 1.54) is 11.8 Å². The molecule has 3 heteroatoms. The third kappa shape index (κ3) is 2.45. The molecule has 20 heavy (non-hydrogen) atoms. The fourth-order valence-corrected chi connectivity index (χ4v) is 3.18. The van der Waals surface area contributed by atoms with Gasteiger partial charge in [0.15, 0.2) is 0 Å². The molecule has 3 rings (SSSR count). The Morgan fingerprint density at radius 2 is 2.10 bits per heavy atom. The number of nitrogens with one attached hydrogen (secondary N) is 1. The van der Waals surface area contributed by atoms with Gasteiger partial charge in [0.05, 0.1) is 6.42 Å². The molecular formula is C17H22N2O. The molecule has 1 amide bonds. The van der Waals surface area contributed by atoms with Crippen molar-refractivity contribution >= 4 is 16.8 Å². The number of nitrogens with zero attached hydrogens (tertiary/aromatic N) is 1. The molecule has 1 fully saturated rings. The summed E-state index contributed by atoms with van der Waals surface area (Å²) in [6.07, 6.45) is 4.83. The van der Waals surface area contributed by atoms with Gasteiger partial charge in [-0.3, -0.25) is 4.79 Å². The molecule has 0 spiro atoms. The van der Waals surface area contributed by atoms with Crippen molar-refractivity contribution in [2.24, 2.45) is 5.92 Å². The first-order valence-electron chi connectivity index (χ1n) is 7.49. The highest BCUT2D eigenvalue weighted by molar-refractivity contribution is 5.89. The monoisotopic (exact) mass is 270 g/mol. The van der Waals surface area contributed by atoms with Gasteiger partial charge in [0, 0.05) is 29.7 Å². The van der Waals surface area contributed by atoms with Gasteiger partial charge in [0.2, 0.25) is 5.91 Å². The normalized spacial score (nSPS) is 23.2. The second-order valence-electron chi connectivity index (χ2n) is 6.11. The van der Waals surface area contributed by atoms with Gasteiger partial charge >= 0.3 is 0 Å². The second kappa shape index (κ2) is 5.31. The van der Waals surface area contributed by atoms with Gasteiger partial charge < -0.3 is 9.88 Å². The zero-order valence-electron chi connectivity index (χ0n) is 12.2. The molecule has 1 N–H and O–H groups in total. The van der Waals surface area contributed by atoms with E-state index in [9.17, 15) is 4.79 Å². The van der Waals surface area contributed by atoms with Gasteiger partial charge in [-0.05, 0) is 37.3 Å². The number of benzene rings is 1. The Labute approximate surface area is 120 Å². The Morgan fingerprint density at radius 3 is 2.95 bits per heavy atom. The second-order valence-corrected chi connectivity index (χ2v) is 6.11. The zero-order valence-corrected chi connectivity index (χ0v) is 12.2. The predicted molar refractivity (Wildman–Crippen MR) is 81.6 cm³/mol. The van der Waals surface area contributed by atoms with Crippen LogP contribution in [0.2, 0.25) is 0 Å². The van der Waals surface area contributed by atoms with E-state index in [0.29, 0.717) is 18.4 Å². The summed E-state index contributed by atoms with van der Waals surface area (Å²) in [5.74, 6) is 0.881. The largest absolute Gasteiger partial charge is 0.361 e. The van der Waals surface area contributed by atoms with Crippen molar-refractivity contribution in [2.75, 3.05) is 6.54 Å². The minimum Gasteiger partial charge on any atom is -0.361 e. The predicted octanol–water partition coefficient (Wildman–Crippen LogP) is 3.36. The SMILES string of the molecule is CC1CCC(C)N(C(=O)Cc2c[nH]c3ccccc23)C1. The number of aromatic nitrogens is 1. The molecule has 106 valence electrons. The minimum atomic E-state index is 0.258. The molecular weight excluding hydrogens is 248 g/mol. The first-order valence-corrected chi connectivity index (χ1v) is 7.49. The van der Waals surface area contributed by atoms with Crippen LogP contribution in [0.3, 0.4) is 0 Å². The van der Waals surface area contributed by atoms with E-state index in [1.54, 1.807) is 0 Å². The number of rotatable bonds is 2. The van der Waals surface area contributed by atoms with Crippen LogP contribution in [-0.4, -0.2) is 28.4 Å². The molecule has 0 radical (unpaired) electrons. The van der Waals surface area contributed by atoms with Crippen LogP contribution in [0.15, 0.2) is 30.5 Å². The molecule has 0 aliphatic carbocycles. The molecule has 1 aromatic carbocycles. The number of carbonyl (C=O) groups excluding carboxylic acids is 1. The maximum absolute atomic E-state index is 12.6. The van der Waals surface area contributed by atoms with Gasteiger partial charge in [-0.15, -0.1) is 0 Å². The topological polar surface area (TPSA) is 36.1 Å². The summed E-state index contributed by atoms with van der Waals surface area (Å²) in [5, 5.41) is 1.17. The Bertz CT molecular complexity index is 616. The fourth-order valence-electron chi connectivity index (χ4n) is 3.18. The maximum Gasteiger partial charge on any atom is 0.227 e. The summed E-state index contributed by atoms with van der Waals surface area (Å²) < 4.78 is 0. The van der Waals surface area contributed by atoms with Crippen LogP contribution in [0.25, 0.3) is 10.9 Å². The number of hydrogen-bond donors (Lipinski definition) is 1. The number of carbonyl (C=O) groups is 1.